The summed E-state index contributed by atoms with van der Waals surface area (Å²) >= 11 is 0. The van der Waals surface area contributed by atoms with E-state index in [0.717, 1.165) is 56.1 Å². The fourth-order valence-corrected chi connectivity index (χ4v) is 5.11. The normalized spacial score (nSPS) is 14.7. The third kappa shape index (κ3) is 12.5. The molecule has 6 N–H and O–H groups in total. The number of nitrogens with one attached hydrogen (secondary N) is 4. The van der Waals surface area contributed by atoms with Gasteiger partial charge in [0.1, 0.15) is 11.9 Å². The van der Waals surface area contributed by atoms with Gasteiger partial charge in [-0.05, 0) is 56.7 Å². The van der Waals surface area contributed by atoms with Gasteiger partial charge in [-0.2, -0.15) is 0 Å². The number of rotatable bonds is 19. The van der Waals surface area contributed by atoms with Gasteiger partial charge in [0.25, 0.3) is 0 Å². The summed E-state index contributed by atoms with van der Waals surface area (Å²) in [5.74, 6) is -1.03. The summed E-state index contributed by atoms with van der Waals surface area (Å²) < 4.78 is 0. The second kappa shape index (κ2) is 17.8. The van der Waals surface area contributed by atoms with E-state index in [1.54, 1.807) is 0 Å². The van der Waals surface area contributed by atoms with Crippen LogP contribution in [0.5, 0.6) is 0 Å². The molecule has 0 aliphatic heterocycles. The molecule has 0 heterocycles. The van der Waals surface area contributed by atoms with Gasteiger partial charge in [0.15, 0.2) is 0 Å². The van der Waals surface area contributed by atoms with E-state index in [-0.39, 0.29) is 18.4 Å². The minimum Gasteiger partial charge on any atom is -0.465 e. The molecule has 2 aromatic rings. The second-order valence-corrected chi connectivity index (χ2v) is 10.5. The zero-order valence-electron chi connectivity index (χ0n) is 24.0. The minimum atomic E-state index is -1.47. The first kappa shape index (κ1) is 33.4. The molecule has 0 aliphatic rings. The lowest BCUT2D eigenvalue weighted by molar-refractivity contribution is -0.123. The van der Waals surface area contributed by atoms with E-state index < -0.39 is 29.8 Å². The van der Waals surface area contributed by atoms with Crippen molar-refractivity contribution in [3.05, 3.63) is 71.8 Å². The number of carbonyl (C=O) groups excluding carboxylic acids is 2. The monoisotopic (exact) mass is 568 g/mol. The quantitative estimate of drug-likeness (QED) is 0.0830. The van der Waals surface area contributed by atoms with E-state index in [9.17, 15) is 24.3 Å². The Balaban J connectivity index is 2.31. The van der Waals surface area contributed by atoms with Crippen LogP contribution in [0, 0.1) is 5.92 Å². The Bertz CT molecular complexity index is 1080. The molecule has 224 valence electrons. The summed E-state index contributed by atoms with van der Waals surface area (Å²) in [6, 6.07) is 18.1. The van der Waals surface area contributed by atoms with Crippen molar-refractivity contribution < 1.29 is 29.4 Å². The van der Waals surface area contributed by atoms with Gasteiger partial charge < -0.3 is 25.6 Å². The minimum absolute atomic E-state index is 0.152. The van der Waals surface area contributed by atoms with Crippen LogP contribution in [0.15, 0.2) is 60.7 Å². The highest BCUT2D eigenvalue weighted by Gasteiger charge is 2.42. The van der Waals surface area contributed by atoms with Gasteiger partial charge in [-0.3, -0.25) is 15.4 Å². The number of amides is 3. The Labute approximate surface area is 242 Å². The molecule has 2 unspecified atom stereocenters. The van der Waals surface area contributed by atoms with Crippen molar-refractivity contribution in [2.75, 3.05) is 6.54 Å². The Morgan fingerprint density at radius 1 is 0.829 bits per heavy atom. The van der Waals surface area contributed by atoms with Crippen LogP contribution in [-0.2, 0) is 22.4 Å². The molecule has 2 aromatic carbocycles. The average Bonchev–Trinajstić information content (AvgIpc) is 2.93. The summed E-state index contributed by atoms with van der Waals surface area (Å²) in [4.78, 5) is 46.8. The maximum absolute atomic E-state index is 12.6. The van der Waals surface area contributed by atoms with Crippen molar-refractivity contribution in [2.45, 2.75) is 83.0 Å². The molecule has 0 aromatic heterocycles. The van der Waals surface area contributed by atoms with Crippen LogP contribution in [0.25, 0.3) is 0 Å². The number of imide groups is 1. The molecular weight excluding hydrogens is 524 g/mol. The van der Waals surface area contributed by atoms with E-state index in [1.807, 2.05) is 72.9 Å². The van der Waals surface area contributed by atoms with Crippen molar-refractivity contribution >= 4 is 24.4 Å². The van der Waals surface area contributed by atoms with E-state index >= 15 is 0 Å². The van der Waals surface area contributed by atoms with Crippen molar-refractivity contribution in [1.29, 1.82) is 0 Å². The smallest absolute Gasteiger partial charge is 0.411 e. The fourth-order valence-electron chi connectivity index (χ4n) is 5.11. The SMILES string of the molecule is CC(C=O)NCCCCCCC[C@@H](Cc1ccccc1)C(Cc1ccccc1)(NC(=O)O)N[C@@H](C)C(=O)NC(=O)O. The van der Waals surface area contributed by atoms with Gasteiger partial charge >= 0.3 is 12.2 Å². The first-order valence-corrected chi connectivity index (χ1v) is 14.2. The maximum atomic E-state index is 12.6. The first-order chi connectivity index (χ1) is 19.6. The standard InChI is InChI=1S/C31H44N4O6/c1-23(22-36)32-19-13-5-3-4-12-18-27(20-25-14-8-6-9-15-25)31(35-30(40)41,21-26-16-10-7-11-17-26)34-24(2)28(37)33-29(38)39/h6-11,14-17,22-24,27,32,34-35H,3-5,12-13,18-21H2,1-2H3,(H,33,37)(H,38,39)(H,40,41)/t23?,24-,27-,31?/m0/s1. The molecule has 3 amide bonds. The number of carboxylic acid groups (broad SMARTS) is 2. The van der Waals surface area contributed by atoms with Crippen molar-refractivity contribution in [3.63, 3.8) is 0 Å². The summed E-state index contributed by atoms with van der Waals surface area (Å²) in [6.07, 6.45) is 4.39. The van der Waals surface area contributed by atoms with Gasteiger partial charge in [-0.1, -0.05) is 86.3 Å². The zero-order valence-corrected chi connectivity index (χ0v) is 24.0. The molecule has 0 bridgehead atoms. The molecule has 10 heteroatoms. The largest absolute Gasteiger partial charge is 0.465 e. The first-order valence-electron chi connectivity index (χ1n) is 14.2. The number of benzene rings is 2. The number of carbonyl (C=O) groups is 4. The maximum Gasteiger partial charge on any atom is 0.411 e. The Morgan fingerprint density at radius 2 is 1.41 bits per heavy atom. The second-order valence-electron chi connectivity index (χ2n) is 10.5. The lowest BCUT2D eigenvalue weighted by Crippen LogP contribution is -2.68. The predicted molar refractivity (Wildman–Crippen MR) is 158 cm³/mol. The number of hydrogen-bond donors (Lipinski definition) is 6. The average molecular weight is 569 g/mol. The van der Waals surface area contributed by atoms with Crippen LogP contribution in [0.4, 0.5) is 9.59 Å². The molecule has 0 saturated carbocycles. The summed E-state index contributed by atoms with van der Waals surface area (Å²) in [5, 5.41) is 30.1. The molecule has 0 fully saturated rings. The van der Waals surface area contributed by atoms with E-state index in [0.29, 0.717) is 12.8 Å². The third-order valence-corrected chi connectivity index (χ3v) is 7.17. The van der Waals surface area contributed by atoms with Gasteiger partial charge in [0.05, 0.1) is 12.1 Å². The van der Waals surface area contributed by atoms with Crippen LogP contribution in [0.3, 0.4) is 0 Å². The molecule has 2 rings (SSSR count). The van der Waals surface area contributed by atoms with Gasteiger partial charge in [0.2, 0.25) is 5.91 Å². The Morgan fingerprint density at radius 3 is 2.00 bits per heavy atom. The summed E-state index contributed by atoms with van der Waals surface area (Å²) in [5.41, 5.74) is 0.629. The van der Waals surface area contributed by atoms with Crippen LogP contribution in [-0.4, -0.2) is 58.9 Å². The highest BCUT2D eigenvalue weighted by atomic mass is 16.4. The van der Waals surface area contributed by atoms with E-state index in [4.69, 9.17) is 5.11 Å². The molecule has 41 heavy (non-hydrogen) atoms. The lowest BCUT2D eigenvalue weighted by Gasteiger charge is -2.44. The van der Waals surface area contributed by atoms with Crippen LogP contribution < -0.4 is 21.3 Å². The molecular formula is C31H44N4O6. The number of hydrogen-bond acceptors (Lipinski definition) is 6. The van der Waals surface area contributed by atoms with Gasteiger partial charge in [-0.25, -0.2) is 9.59 Å². The molecule has 0 spiro atoms. The van der Waals surface area contributed by atoms with Crippen LogP contribution >= 0.6 is 0 Å². The molecule has 4 atom stereocenters. The highest BCUT2D eigenvalue weighted by molar-refractivity contribution is 5.94. The van der Waals surface area contributed by atoms with Crippen LogP contribution in [0.2, 0.25) is 0 Å². The van der Waals surface area contributed by atoms with E-state index in [1.165, 1.54) is 6.92 Å². The van der Waals surface area contributed by atoms with Gasteiger partial charge in [-0.15, -0.1) is 0 Å². The van der Waals surface area contributed by atoms with Gasteiger partial charge in [0, 0.05) is 6.42 Å². The molecule has 0 saturated heterocycles. The summed E-state index contributed by atoms with van der Waals surface area (Å²) in [6.45, 7) is 4.13. The third-order valence-electron chi connectivity index (χ3n) is 7.17. The highest BCUT2D eigenvalue weighted by Crippen LogP contribution is 2.30. The fraction of sp³-hybridized carbons (Fsp3) is 0.484. The Kier molecular flexibility index (Phi) is 14.5. The van der Waals surface area contributed by atoms with Crippen molar-refractivity contribution in [1.82, 2.24) is 21.3 Å². The van der Waals surface area contributed by atoms with E-state index in [2.05, 4.69) is 16.0 Å². The lowest BCUT2D eigenvalue weighted by atomic mass is 9.78. The topological polar surface area (TPSA) is 157 Å². The molecule has 0 radical (unpaired) electrons. The predicted octanol–water partition coefficient (Wildman–Crippen LogP) is 4.34. The summed E-state index contributed by atoms with van der Waals surface area (Å²) in [7, 11) is 0. The van der Waals surface area contributed by atoms with Crippen LogP contribution in [0.1, 0.15) is 63.5 Å². The van der Waals surface area contributed by atoms with Crippen molar-refractivity contribution in [3.8, 4) is 0 Å². The Hall–Kier alpha value is -3.76. The number of unbranched alkanes of at least 4 members (excludes halogenated alkanes) is 4. The number of aldehydes is 1. The zero-order chi connectivity index (χ0) is 30.1. The molecule has 10 nitrogen and oxygen atoms in total. The van der Waals surface area contributed by atoms with Crippen molar-refractivity contribution in [2.24, 2.45) is 5.92 Å². The molecule has 0 aliphatic carbocycles.